The molecule has 0 aromatic carbocycles. The maximum Gasteiger partial charge on any atom is 2.00 e. The van der Waals surface area contributed by atoms with E-state index in [-0.39, 0.29) is 159 Å². The molecular weight excluding hydrogens is 727 g/mol. The molecule has 115 valence electrons. The largest absolute Gasteiger partial charge is 2.00 e. The van der Waals surface area contributed by atoms with Gasteiger partial charge in [-0.1, -0.05) is 0 Å². The average Bonchev–Trinajstić information content (AvgIpc) is 1.12. The van der Waals surface area contributed by atoms with Gasteiger partial charge >= 0.3 is 58.4 Å². The van der Waals surface area contributed by atoms with Gasteiger partial charge in [-0.3, -0.25) is 0 Å². The van der Waals surface area contributed by atoms with Gasteiger partial charge in [0.15, 0.2) is 0 Å². The summed E-state index contributed by atoms with van der Waals surface area (Å²) in [6.45, 7) is 0. The zero-order chi connectivity index (χ0) is 9.00. The Kier molecular flexibility index (Phi) is 152. The third-order valence-corrected chi connectivity index (χ3v) is 0. The van der Waals surface area contributed by atoms with Gasteiger partial charge in [0.1, 0.15) is 0 Å². The summed E-state index contributed by atoms with van der Waals surface area (Å²) < 4.78 is 17.1. The van der Waals surface area contributed by atoms with Crippen LogP contribution in [-0.2, 0) is 168 Å². The first kappa shape index (κ1) is 74.9. The van der Waals surface area contributed by atoms with Crippen LogP contribution in [0.2, 0.25) is 0 Å². The predicted octanol–water partition coefficient (Wildman–Crippen LogP) is -5.67. The van der Waals surface area contributed by atoms with Crippen LogP contribution < -0.4 is 29.4 Å². The minimum atomic E-state index is -5.39. The molecule has 3 radical (unpaired) electrons. The van der Waals surface area contributed by atoms with E-state index in [1.165, 1.54) is 0 Å². The fourth-order valence-corrected chi connectivity index (χ4v) is 0. The second kappa shape index (κ2) is 38.6. The van der Waals surface area contributed by atoms with Crippen LogP contribution in [0.1, 0.15) is 0 Å². The number of hydrogen-bond acceptors (Lipinski definition) is 8. The standard InChI is InChI=1S/3Mn.3Ni.2H3O4P.3Zn/c;;;;;;2*1-5(2,3)4;;;/h;;;;;;2*(H3,1,2,3,4);;;/q;;;;;;;;3*+2/p-6. The minimum Gasteiger partial charge on any atom is -0.822 e. The van der Waals surface area contributed by atoms with Gasteiger partial charge in [-0.25, -0.2) is 0 Å². The van der Waals surface area contributed by atoms with Crippen molar-refractivity contribution in [2.24, 2.45) is 0 Å². The van der Waals surface area contributed by atoms with Crippen LogP contribution in [0.5, 0.6) is 0 Å². The second-order valence-electron chi connectivity index (χ2n) is 0.894. The number of hydrogen-bond donors (Lipinski definition) is 0. The molecule has 0 aliphatic heterocycles. The first-order chi connectivity index (χ1) is 4.00. The maximum absolute atomic E-state index is 8.55. The van der Waals surface area contributed by atoms with Gasteiger partial charge in [0.2, 0.25) is 0 Å². The topological polar surface area (TPSA) is 172 Å². The summed E-state index contributed by atoms with van der Waals surface area (Å²) >= 11 is 0. The number of phosphoric acid groups is 2. The zero-order valence-electron chi connectivity index (χ0n) is 8.36. The van der Waals surface area contributed by atoms with E-state index < -0.39 is 15.6 Å². The molecular formula is Mn3Ni3O8P2Zn3. The van der Waals surface area contributed by atoms with Gasteiger partial charge in [-0.2, -0.15) is 15.6 Å². The maximum atomic E-state index is 8.55. The van der Waals surface area contributed by atoms with E-state index >= 15 is 0 Å². The van der Waals surface area contributed by atoms with E-state index in [1.807, 2.05) is 0 Å². The molecule has 0 aromatic rings. The van der Waals surface area contributed by atoms with Crippen LogP contribution in [0.3, 0.4) is 0 Å². The summed E-state index contributed by atoms with van der Waals surface area (Å²) in [5, 5.41) is 0. The summed E-state index contributed by atoms with van der Waals surface area (Å²) in [5.74, 6) is 0. The molecule has 19 heteroatoms. The van der Waals surface area contributed by atoms with Gasteiger partial charge in [0.05, 0.1) is 0 Å². The summed E-state index contributed by atoms with van der Waals surface area (Å²) in [7, 11) is -10.8. The molecule has 19 heavy (non-hydrogen) atoms. The van der Waals surface area contributed by atoms with E-state index in [2.05, 4.69) is 0 Å². The fraction of sp³-hybridized carbons (Fsp3) is 0. The molecule has 0 rings (SSSR count). The van der Waals surface area contributed by atoms with Crippen molar-refractivity contribution >= 4 is 15.6 Å². The molecule has 0 spiro atoms. The molecule has 0 saturated carbocycles. The fourth-order valence-electron chi connectivity index (χ4n) is 0. The third-order valence-electron chi connectivity index (χ3n) is 0. The van der Waals surface area contributed by atoms with Crippen LogP contribution in [0.4, 0.5) is 0 Å². The van der Waals surface area contributed by atoms with Crippen molar-refractivity contribution in [1.29, 1.82) is 0 Å². The molecule has 0 N–H and O–H groups in total. The molecule has 0 aliphatic carbocycles. The van der Waals surface area contributed by atoms with Gasteiger partial charge in [0.25, 0.3) is 0 Å². The quantitative estimate of drug-likeness (QED) is 0.176. The molecule has 0 amide bonds. The van der Waals surface area contributed by atoms with Crippen molar-refractivity contribution in [2.75, 3.05) is 0 Å². The smallest absolute Gasteiger partial charge is 0.822 e. The molecule has 0 heterocycles. The molecule has 8 nitrogen and oxygen atoms in total. The van der Waals surface area contributed by atoms with Crippen molar-refractivity contribution < 1.29 is 198 Å². The average molecular weight is 727 g/mol. The third kappa shape index (κ3) is 392. The van der Waals surface area contributed by atoms with Crippen LogP contribution >= 0.6 is 15.6 Å². The molecule has 0 atom stereocenters. The molecule has 0 aliphatic rings. The summed E-state index contributed by atoms with van der Waals surface area (Å²) in [5.41, 5.74) is 0. The monoisotopic (exact) mass is 720 g/mol. The SMILES string of the molecule is O=P([O-])([O-])[O-].O=P([O-])([O-])[O-].[Mn].[Mn].[Mn].[Ni].[Ni].[Ni].[Zn+2].[Zn+2].[Zn+2]. The molecule has 0 bridgehead atoms. The Morgan fingerprint density at radius 2 is 0.474 bits per heavy atom. The summed E-state index contributed by atoms with van der Waals surface area (Å²) in [6.07, 6.45) is 0. The molecule has 0 unspecified atom stereocenters. The van der Waals surface area contributed by atoms with Gasteiger partial charge in [0, 0.05) is 101 Å². The second-order valence-corrected chi connectivity index (χ2v) is 2.68. The van der Waals surface area contributed by atoms with E-state index in [9.17, 15) is 0 Å². The Morgan fingerprint density at radius 3 is 0.474 bits per heavy atom. The molecule has 0 fully saturated rings. The minimum absolute atomic E-state index is 0. The van der Waals surface area contributed by atoms with Gasteiger partial charge in [-0.05, 0) is 0 Å². The van der Waals surface area contributed by atoms with Crippen LogP contribution in [0, 0.1) is 0 Å². The normalized spacial score (nSPS) is 6.21. The van der Waals surface area contributed by atoms with Crippen LogP contribution in [0.15, 0.2) is 0 Å². The first-order valence-electron chi connectivity index (χ1n) is 1.46. The Balaban J connectivity index is -0.00000000508. The van der Waals surface area contributed by atoms with Gasteiger partial charge in [-0.15, -0.1) is 0 Å². The van der Waals surface area contributed by atoms with Gasteiger partial charge < -0.3 is 38.5 Å². The molecule has 0 aromatic heterocycles. The Hall–Kier alpha value is 5.13. The van der Waals surface area contributed by atoms with Crippen LogP contribution in [0.25, 0.3) is 0 Å². The van der Waals surface area contributed by atoms with Crippen molar-refractivity contribution in [3.8, 4) is 0 Å². The Labute approximate surface area is 210 Å². The van der Waals surface area contributed by atoms with Crippen molar-refractivity contribution in [3.05, 3.63) is 0 Å². The zero-order valence-corrected chi connectivity index (χ0v) is 25.6. The Bertz CT molecular complexity index is 153. The van der Waals surface area contributed by atoms with E-state index in [0.717, 1.165) is 0 Å². The van der Waals surface area contributed by atoms with E-state index in [1.54, 1.807) is 0 Å². The van der Waals surface area contributed by atoms with Crippen molar-refractivity contribution in [3.63, 3.8) is 0 Å². The number of rotatable bonds is 0. The van der Waals surface area contributed by atoms with E-state index in [4.69, 9.17) is 38.5 Å². The molecule has 0 saturated heterocycles. The van der Waals surface area contributed by atoms with E-state index in [0.29, 0.717) is 0 Å². The summed E-state index contributed by atoms with van der Waals surface area (Å²) in [6, 6.07) is 0. The van der Waals surface area contributed by atoms with Crippen molar-refractivity contribution in [1.82, 2.24) is 0 Å². The Morgan fingerprint density at radius 1 is 0.474 bits per heavy atom. The predicted molar refractivity (Wildman–Crippen MR) is 15.2 cm³/mol. The first-order valence-corrected chi connectivity index (χ1v) is 4.38. The van der Waals surface area contributed by atoms with Crippen LogP contribution in [-0.4, -0.2) is 0 Å². The van der Waals surface area contributed by atoms with Crippen molar-refractivity contribution in [2.45, 2.75) is 0 Å². The summed E-state index contributed by atoms with van der Waals surface area (Å²) in [4.78, 5) is 51.3.